The number of aromatic nitrogens is 3. The highest BCUT2D eigenvalue weighted by atomic mass is 19.1. The van der Waals surface area contributed by atoms with Crippen LogP contribution in [0.15, 0.2) is 48.8 Å². The summed E-state index contributed by atoms with van der Waals surface area (Å²) in [7, 11) is 0. The maximum absolute atomic E-state index is 13.4. The van der Waals surface area contributed by atoms with Crippen LogP contribution in [0, 0.1) is 17.6 Å². The second-order valence-electron chi connectivity index (χ2n) is 7.01. The molecule has 3 rings (SSSR count). The van der Waals surface area contributed by atoms with Crippen molar-refractivity contribution in [3.8, 4) is 11.3 Å². The van der Waals surface area contributed by atoms with Gasteiger partial charge in [0.2, 0.25) is 5.95 Å². The van der Waals surface area contributed by atoms with Gasteiger partial charge in [0.15, 0.2) is 0 Å². The van der Waals surface area contributed by atoms with Crippen molar-refractivity contribution in [1.82, 2.24) is 15.0 Å². The van der Waals surface area contributed by atoms with Crippen LogP contribution in [0.25, 0.3) is 11.3 Å². The lowest BCUT2D eigenvalue weighted by atomic mass is 10.1. The molecular formula is C21H23F2N5O. The van der Waals surface area contributed by atoms with E-state index in [0.29, 0.717) is 23.0 Å². The quantitative estimate of drug-likeness (QED) is 0.534. The molecule has 6 nitrogen and oxygen atoms in total. The summed E-state index contributed by atoms with van der Waals surface area (Å²) < 4.78 is 26.9. The van der Waals surface area contributed by atoms with Gasteiger partial charge in [-0.05, 0) is 35.7 Å². The SMILES string of the molecule is CC(C)[C@H](CO)Nc1nc(NCc2cc(F)cc(F)c2)cc(-c2cccnc2)n1. The highest BCUT2D eigenvalue weighted by Crippen LogP contribution is 2.22. The van der Waals surface area contributed by atoms with Crippen LogP contribution in [0.2, 0.25) is 0 Å². The molecule has 152 valence electrons. The molecule has 3 aromatic rings. The molecule has 2 aromatic heterocycles. The van der Waals surface area contributed by atoms with Crippen molar-refractivity contribution < 1.29 is 13.9 Å². The third kappa shape index (κ3) is 5.68. The van der Waals surface area contributed by atoms with Crippen LogP contribution in [-0.2, 0) is 6.54 Å². The molecule has 2 heterocycles. The van der Waals surface area contributed by atoms with Crippen molar-refractivity contribution in [2.24, 2.45) is 5.92 Å². The number of hydrogen-bond acceptors (Lipinski definition) is 6. The molecule has 0 saturated carbocycles. The van der Waals surface area contributed by atoms with Gasteiger partial charge in [-0.2, -0.15) is 4.98 Å². The topological polar surface area (TPSA) is 83.0 Å². The van der Waals surface area contributed by atoms with Crippen molar-refractivity contribution in [3.63, 3.8) is 0 Å². The van der Waals surface area contributed by atoms with Gasteiger partial charge in [-0.3, -0.25) is 4.98 Å². The van der Waals surface area contributed by atoms with Crippen molar-refractivity contribution in [2.45, 2.75) is 26.4 Å². The van der Waals surface area contributed by atoms with E-state index in [2.05, 4.69) is 25.6 Å². The number of pyridine rings is 1. The van der Waals surface area contributed by atoms with E-state index in [4.69, 9.17) is 0 Å². The van der Waals surface area contributed by atoms with E-state index < -0.39 is 11.6 Å². The second-order valence-corrected chi connectivity index (χ2v) is 7.01. The van der Waals surface area contributed by atoms with Crippen LogP contribution in [0.5, 0.6) is 0 Å². The molecule has 0 radical (unpaired) electrons. The van der Waals surface area contributed by atoms with Crippen LogP contribution >= 0.6 is 0 Å². The van der Waals surface area contributed by atoms with Crippen LogP contribution in [0.3, 0.4) is 0 Å². The first-order valence-corrected chi connectivity index (χ1v) is 9.30. The lowest BCUT2D eigenvalue weighted by Gasteiger charge is -2.20. The summed E-state index contributed by atoms with van der Waals surface area (Å²) in [5.74, 6) is -0.285. The van der Waals surface area contributed by atoms with Gasteiger partial charge in [0, 0.05) is 36.6 Å². The molecule has 29 heavy (non-hydrogen) atoms. The summed E-state index contributed by atoms with van der Waals surface area (Å²) in [4.78, 5) is 13.1. The smallest absolute Gasteiger partial charge is 0.225 e. The van der Waals surface area contributed by atoms with Crippen LogP contribution in [0.1, 0.15) is 19.4 Å². The molecular weight excluding hydrogens is 376 g/mol. The van der Waals surface area contributed by atoms with E-state index in [9.17, 15) is 13.9 Å². The van der Waals surface area contributed by atoms with E-state index in [1.54, 1.807) is 24.5 Å². The standard InChI is InChI=1S/C21H23F2N5O/c1-13(2)19(12-29)27-21-26-18(15-4-3-5-24-11-15)9-20(28-21)25-10-14-6-16(22)8-17(23)7-14/h3-9,11,13,19,29H,10,12H2,1-2H3,(H2,25,26,27,28)/t19-/m0/s1. The number of hydrogen-bond donors (Lipinski definition) is 3. The molecule has 0 aliphatic heterocycles. The molecule has 1 atom stereocenters. The largest absolute Gasteiger partial charge is 0.394 e. The van der Waals surface area contributed by atoms with Gasteiger partial charge >= 0.3 is 0 Å². The van der Waals surface area contributed by atoms with E-state index in [-0.39, 0.29) is 25.1 Å². The number of aliphatic hydroxyl groups is 1. The maximum atomic E-state index is 13.4. The van der Waals surface area contributed by atoms with Crippen LogP contribution in [-0.4, -0.2) is 32.7 Å². The molecule has 0 saturated heterocycles. The second kappa shape index (κ2) is 9.38. The van der Waals surface area contributed by atoms with Crippen molar-refractivity contribution >= 4 is 11.8 Å². The number of anilines is 2. The molecule has 0 unspecified atom stereocenters. The summed E-state index contributed by atoms with van der Waals surface area (Å²) in [6.45, 7) is 4.09. The number of halogens is 2. The van der Waals surface area contributed by atoms with Gasteiger partial charge in [0.05, 0.1) is 18.3 Å². The predicted octanol–water partition coefficient (Wildman–Crippen LogP) is 3.86. The lowest BCUT2D eigenvalue weighted by Crippen LogP contribution is -2.30. The number of nitrogens with one attached hydrogen (secondary N) is 2. The Morgan fingerprint density at radius 2 is 1.83 bits per heavy atom. The predicted molar refractivity (Wildman–Crippen MR) is 108 cm³/mol. The van der Waals surface area contributed by atoms with Crippen molar-refractivity contribution in [3.05, 3.63) is 66.0 Å². The average molecular weight is 399 g/mol. The fourth-order valence-electron chi connectivity index (χ4n) is 2.76. The van der Waals surface area contributed by atoms with Gasteiger partial charge in [-0.25, -0.2) is 13.8 Å². The first kappa shape index (κ1) is 20.6. The Kier molecular flexibility index (Phi) is 6.66. The molecule has 0 fully saturated rings. The Balaban J connectivity index is 1.89. The summed E-state index contributed by atoms with van der Waals surface area (Å²) in [6.07, 6.45) is 3.35. The normalized spacial score (nSPS) is 12.1. The first-order valence-electron chi connectivity index (χ1n) is 9.30. The summed E-state index contributed by atoms with van der Waals surface area (Å²) in [5, 5.41) is 15.8. The summed E-state index contributed by atoms with van der Waals surface area (Å²) in [5.41, 5.74) is 1.88. The maximum Gasteiger partial charge on any atom is 0.225 e. The molecule has 0 bridgehead atoms. The average Bonchev–Trinajstić information content (AvgIpc) is 2.70. The zero-order valence-corrected chi connectivity index (χ0v) is 16.2. The van der Waals surface area contributed by atoms with Crippen LogP contribution < -0.4 is 10.6 Å². The monoisotopic (exact) mass is 399 g/mol. The van der Waals surface area contributed by atoms with E-state index >= 15 is 0 Å². The number of benzene rings is 1. The minimum Gasteiger partial charge on any atom is -0.394 e. The Labute approximate surface area is 168 Å². The summed E-state index contributed by atoms with van der Waals surface area (Å²) in [6, 6.07) is 8.55. The van der Waals surface area contributed by atoms with Gasteiger partial charge in [0.1, 0.15) is 17.5 Å². The lowest BCUT2D eigenvalue weighted by molar-refractivity contribution is 0.248. The Hall–Kier alpha value is -3.13. The fourth-order valence-corrected chi connectivity index (χ4v) is 2.76. The zero-order chi connectivity index (χ0) is 20.8. The van der Waals surface area contributed by atoms with Crippen molar-refractivity contribution in [2.75, 3.05) is 17.2 Å². The van der Waals surface area contributed by atoms with Gasteiger partial charge < -0.3 is 15.7 Å². The highest BCUT2D eigenvalue weighted by Gasteiger charge is 2.15. The fraction of sp³-hybridized carbons (Fsp3) is 0.286. The highest BCUT2D eigenvalue weighted by molar-refractivity contribution is 5.63. The van der Waals surface area contributed by atoms with Crippen LogP contribution in [0.4, 0.5) is 20.5 Å². The number of rotatable bonds is 8. The Morgan fingerprint density at radius 3 is 2.45 bits per heavy atom. The minimum atomic E-state index is -0.634. The molecule has 0 aliphatic carbocycles. The third-order valence-corrected chi connectivity index (χ3v) is 4.40. The number of aliphatic hydroxyl groups excluding tert-OH is 1. The van der Waals surface area contributed by atoms with E-state index in [0.717, 1.165) is 11.6 Å². The zero-order valence-electron chi connectivity index (χ0n) is 16.2. The molecule has 8 heteroatoms. The Bertz CT molecular complexity index is 933. The van der Waals surface area contributed by atoms with Gasteiger partial charge in [-0.1, -0.05) is 13.8 Å². The Morgan fingerprint density at radius 1 is 1.07 bits per heavy atom. The molecule has 0 aliphatic rings. The van der Waals surface area contributed by atoms with Crippen molar-refractivity contribution in [1.29, 1.82) is 0 Å². The molecule has 1 aromatic carbocycles. The molecule has 0 spiro atoms. The van der Waals surface area contributed by atoms with E-state index in [1.165, 1.54) is 12.1 Å². The van der Waals surface area contributed by atoms with E-state index in [1.807, 2.05) is 19.9 Å². The minimum absolute atomic E-state index is 0.0660. The van der Waals surface area contributed by atoms with Gasteiger partial charge in [0.25, 0.3) is 0 Å². The van der Waals surface area contributed by atoms with Gasteiger partial charge in [-0.15, -0.1) is 0 Å². The summed E-state index contributed by atoms with van der Waals surface area (Å²) >= 11 is 0. The molecule has 0 amide bonds. The number of nitrogens with zero attached hydrogens (tertiary/aromatic N) is 3. The first-order chi connectivity index (χ1) is 13.9. The third-order valence-electron chi connectivity index (χ3n) is 4.40. The molecule has 3 N–H and O–H groups in total.